The highest BCUT2D eigenvalue weighted by atomic mass is 16.5. The Bertz CT molecular complexity index is 2020. The third-order valence-corrected chi connectivity index (χ3v) is 8.16. The minimum absolute atomic E-state index is 0.00316. The van der Waals surface area contributed by atoms with Crippen LogP contribution in [0.2, 0.25) is 0 Å². The van der Waals surface area contributed by atoms with Crippen LogP contribution in [-0.4, -0.2) is 11.8 Å². The fraction of sp³-hybridized carbons (Fsp3) is 0.0455. The first-order chi connectivity index (χ1) is 24.0. The van der Waals surface area contributed by atoms with E-state index in [1.807, 2.05) is 72.8 Å². The van der Waals surface area contributed by atoms with Crippen LogP contribution in [0.15, 0.2) is 183 Å². The molecule has 0 atom stereocenters. The normalized spacial score (nSPS) is 10.5. The zero-order valence-corrected chi connectivity index (χ0v) is 27.1. The van der Waals surface area contributed by atoms with Gasteiger partial charge < -0.3 is 14.5 Å². The molecule has 0 radical (unpaired) electrons. The Kier molecular flexibility index (Phi) is 10.2. The van der Waals surface area contributed by atoms with Crippen molar-refractivity contribution in [2.45, 2.75) is 13.0 Å². The van der Waals surface area contributed by atoms with Gasteiger partial charge >= 0.3 is 5.97 Å². The summed E-state index contributed by atoms with van der Waals surface area (Å²) >= 11 is 0. The van der Waals surface area contributed by atoms with Crippen molar-refractivity contribution in [1.29, 1.82) is 0 Å². The predicted octanol–water partition coefficient (Wildman–Crippen LogP) is 10.8. The maximum Gasteiger partial charge on any atom is 0.330 e. The Morgan fingerprint density at radius 1 is 0.469 bits per heavy atom. The smallest absolute Gasteiger partial charge is 0.330 e. The van der Waals surface area contributed by atoms with E-state index in [0.717, 1.165) is 56.4 Å². The van der Waals surface area contributed by atoms with Gasteiger partial charge in [0.1, 0.15) is 6.61 Å². The predicted molar refractivity (Wildman–Crippen MR) is 200 cm³/mol. The van der Waals surface area contributed by atoms with Crippen molar-refractivity contribution < 1.29 is 14.3 Å². The molecule has 0 aromatic heterocycles. The lowest BCUT2D eigenvalue weighted by molar-refractivity contribution is -0.139. The lowest BCUT2D eigenvalue weighted by Crippen LogP contribution is -2.10. The summed E-state index contributed by atoms with van der Waals surface area (Å²) < 4.78 is 5.20. The number of para-hydroxylation sites is 2. The molecule has 0 N–H and O–H groups in total. The van der Waals surface area contributed by atoms with E-state index in [4.69, 9.17) is 4.74 Å². The van der Waals surface area contributed by atoms with Crippen molar-refractivity contribution in [2.24, 2.45) is 0 Å². The molecule has 0 aliphatic heterocycles. The summed E-state index contributed by atoms with van der Waals surface area (Å²) in [6.07, 6.45) is 2.87. The highest BCUT2D eigenvalue weighted by Crippen LogP contribution is 2.38. The third kappa shape index (κ3) is 7.92. The van der Waals surface area contributed by atoms with E-state index < -0.39 is 5.97 Å². The third-order valence-electron chi connectivity index (χ3n) is 8.16. The Labute approximate surface area is 287 Å². The van der Waals surface area contributed by atoms with Crippen molar-refractivity contribution >= 4 is 45.9 Å². The van der Waals surface area contributed by atoms with Crippen LogP contribution in [-0.2, 0) is 27.4 Å². The second kappa shape index (κ2) is 15.4. The van der Waals surface area contributed by atoms with Crippen LogP contribution in [0.25, 0.3) is 11.1 Å². The van der Waals surface area contributed by atoms with Gasteiger partial charge in [0.2, 0.25) is 0 Å². The van der Waals surface area contributed by atoms with Crippen molar-refractivity contribution in [1.82, 2.24) is 0 Å². The summed E-state index contributed by atoms with van der Waals surface area (Å²) in [4.78, 5) is 27.8. The van der Waals surface area contributed by atoms with Gasteiger partial charge in [0.25, 0.3) is 0 Å². The Hall–Kier alpha value is -6.46. The summed E-state index contributed by atoms with van der Waals surface area (Å²) in [5.74, 6) is -0.439. The van der Waals surface area contributed by atoms with Crippen LogP contribution in [0, 0.1) is 0 Å². The lowest BCUT2D eigenvalue weighted by Gasteiger charge is -2.26. The monoisotopic (exact) mass is 640 g/mol. The minimum Gasteiger partial charge on any atom is -0.458 e. The van der Waals surface area contributed by atoms with Crippen LogP contribution in [0.1, 0.15) is 11.1 Å². The zero-order valence-electron chi connectivity index (χ0n) is 27.1. The molecule has 0 unspecified atom stereocenters. The molecule has 0 fully saturated rings. The van der Waals surface area contributed by atoms with Gasteiger partial charge in [-0.2, -0.15) is 0 Å². The van der Waals surface area contributed by atoms with Gasteiger partial charge in [0, 0.05) is 46.6 Å². The zero-order chi connectivity index (χ0) is 34.0. The number of hydrogen-bond acceptors (Lipinski definition) is 5. The molecule has 0 bridgehead atoms. The number of anilines is 6. The number of carbonyl (C=O) groups is 2. The molecule has 5 nitrogen and oxygen atoms in total. The molecule has 0 aliphatic carbocycles. The molecule has 0 heterocycles. The molecule has 49 heavy (non-hydrogen) atoms. The van der Waals surface area contributed by atoms with E-state index in [9.17, 15) is 9.59 Å². The molecule has 6 aromatic rings. The molecule has 0 saturated heterocycles. The molecule has 6 rings (SSSR count). The number of ketones is 1. The molecule has 0 spiro atoms. The molecule has 0 amide bonds. The minimum atomic E-state index is -0.442. The van der Waals surface area contributed by atoms with Gasteiger partial charge in [-0.3, -0.25) is 4.79 Å². The summed E-state index contributed by atoms with van der Waals surface area (Å²) in [6, 6.07) is 53.7. The van der Waals surface area contributed by atoms with E-state index in [0.29, 0.717) is 6.42 Å². The fourth-order valence-corrected chi connectivity index (χ4v) is 5.65. The number of ether oxygens (including phenoxy) is 1. The SMILES string of the molecule is C=CC(=O)Cc1ccc(N(c2ccccc2)c2ccc(-c3ccc(N(c4ccccc4)c4ccc(COC(=O)C=C)cc4)cc3)cc2)cc1. The second-order valence-electron chi connectivity index (χ2n) is 11.4. The number of nitrogens with zero attached hydrogens (tertiary/aromatic N) is 2. The molecular weight excluding hydrogens is 604 g/mol. The summed E-state index contributed by atoms with van der Waals surface area (Å²) in [5.41, 5.74) is 10.2. The van der Waals surface area contributed by atoms with E-state index in [-0.39, 0.29) is 12.4 Å². The van der Waals surface area contributed by atoms with Crippen molar-refractivity contribution in [3.63, 3.8) is 0 Å². The van der Waals surface area contributed by atoms with Gasteiger partial charge in [-0.15, -0.1) is 0 Å². The van der Waals surface area contributed by atoms with E-state index >= 15 is 0 Å². The molecule has 240 valence electrons. The standard InChI is InChI=1S/C44H36N2O3/c1-3-43(47)31-33-15-23-39(24-16-33)45(37-11-7-5-8-12-37)41-27-19-35(20-28-41)36-21-29-42(30-22-36)46(38-13-9-6-10-14-38)40-25-17-34(18-26-40)32-49-44(48)4-2/h3-30H,1-2,31-32H2. The Morgan fingerprint density at radius 2 is 0.837 bits per heavy atom. The second-order valence-corrected chi connectivity index (χ2v) is 11.4. The number of hydrogen-bond donors (Lipinski definition) is 0. The van der Waals surface area contributed by atoms with Gasteiger partial charge in [-0.1, -0.05) is 98.1 Å². The molecule has 5 heteroatoms. The van der Waals surface area contributed by atoms with Gasteiger partial charge in [0.15, 0.2) is 5.78 Å². The molecule has 6 aromatic carbocycles. The van der Waals surface area contributed by atoms with Crippen LogP contribution in [0.3, 0.4) is 0 Å². The molecule has 0 aliphatic rings. The lowest BCUT2D eigenvalue weighted by atomic mass is 10.0. The number of allylic oxidation sites excluding steroid dienone is 1. The van der Waals surface area contributed by atoms with Crippen molar-refractivity contribution in [3.8, 4) is 11.1 Å². The van der Waals surface area contributed by atoms with Gasteiger partial charge in [0.05, 0.1) is 0 Å². The summed E-state index contributed by atoms with van der Waals surface area (Å²) in [5, 5.41) is 0. The molecule has 0 saturated carbocycles. The topological polar surface area (TPSA) is 49.9 Å². The maximum absolute atomic E-state index is 11.9. The Morgan fingerprint density at radius 3 is 1.22 bits per heavy atom. The number of carbonyl (C=O) groups excluding carboxylic acids is 2. The summed E-state index contributed by atoms with van der Waals surface area (Å²) in [7, 11) is 0. The number of esters is 1. The van der Waals surface area contributed by atoms with Gasteiger partial charge in [-0.25, -0.2) is 4.79 Å². The Balaban J connectivity index is 1.25. The quantitative estimate of drug-likeness (QED) is 0.0929. The van der Waals surface area contributed by atoms with E-state index in [2.05, 4.69) is 108 Å². The average Bonchev–Trinajstić information content (AvgIpc) is 3.16. The van der Waals surface area contributed by atoms with Crippen molar-refractivity contribution in [2.75, 3.05) is 9.80 Å². The number of benzene rings is 6. The number of rotatable bonds is 13. The van der Waals surface area contributed by atoms with E-state index in [1.165, 1.54) is 12.2 Å². The first-order valence-electron chi connectivity index (χ1n) is 16.1. The highest BCUT2D eigenvalue weighted by molar-refractivity contribution is 5.91. The average molecular weight is 641 g/mol. The highest BCUT2D eigenvalue weighted by Gasteiger charge is 2.15. The first-order valence-corrected chi connectivity index (χ1v) is 16.1. The van der Waals surface area contributed by atoms with Crippen LogP contribution in [0.4, 0.5) is 34.1 Å². The maximum atomic E-state index is 11.9. The van der Waals surface area contributed by atoms with E-state index in [1.54, 1.807) is 0 Å². The van der Waals surface area contributed by atoms with Crippen molar-refractivity contribution in [3.05, 3.63) is 194 Å². The van der Waals surface area contributed by atoms with Crippen LogP contribution in [0.5, 0.6) is 0 Å². The van der Waals surface area contributed by atoms with Crippen LogP contribution < -0.4 is 9.80 Å². The molecular formula is C44H36N2O3. The van der Waals surface area contributed by atoms with Crippen LogP contribution >= 0.6 is 0 Å². The largest absolute Gasteiger partial charge is 0.458 e. The fourth-order valence-electron chi connectivity index (χ4n) is 5.65. The van der Waals surface area contributed by atoms with Gasteiger partial charge in [-0.05, 0) is 101 Å². The summed E-state index contributed by atoms with van der Waals surface area (Å²) in [6.45, 7) is 7.23. The first kappa shape index (κ1) is 32.5.